The van der Waals surface area contributed by atoms with Gasteiger partial charge in [0.25, 0.3) is 0 Å². The number of methoxy groups -OCH3 is 1. The molecule has 0 bridgehead atoms. The summed E-state index contributed by atoms with van der Waals surface area (Å²) in [4.78, 5) is 13.4. The maximum absolute atomic E-state index is 13.4. The molecule has 3 heteroatoms. The highest BCUT2D eigenvalue weighted by molar-refractivity contribution is 5.79. The summed E-state index contributed by atoms with van der Waals surface area (Å²) >= 11 is 0. The Labute approximate surface area is 160 Å². The number of hydrogen-bond acceptors (Lipinski definition) is 3. The molecule has 1 heterocycles. The highest BCUT2D eigenvalue weighted by atomic mass is 16.6. The van der Waals surface area contributed by atoms with Crippen molar-refractivity contribution in [3.05, 3.63) is 0 Å². The second-order valence-corrected chi connectivity index (χ2v) is 12.9. The molecule has 2 spiro atoms. The molecule has 15 atom stereocenters. The minimum atomic E-state index is -0.232. The van der Waals surface area contributed by atoms with Crippen molar-refractivity contribution in [2.45, 2.75) is 57.7 Å². The van der Waals surface area contributed by atoms with Gasteiger partial charge in [0.2, 0.25) is 0 Å². The van der Waals surface area contributed by atoms with E-state index in [-0.39, 0.29) is 22.6 Å². The van der Waals surface area contributed by atoms with Gasteiger partial charge in [-0.05, 0) is 91.8 Å². The Balaban J connectivity index is 1.43. The Morgan fingerprint density at radius 2 is 1.52 bits per heavy atom. The van der Waals surface area contributed by atoms with Crippen LogP contribution in [0.5, 0.6) is 0 Å². The first-order valence-corrected chi connectivity index (χ1v) is 11.6. The van der Waals surface area contributed by atoms with E-state index in [4.69, 9.17) is 9.47 Å². The van der Waals surface area contributed by atoms with Crippen LogP contribution in [0.4, 0.5) is 0 Å². The first-order valence-electron chi connectivity index (χ1n) is 11.6. The van der Waals surface area contributed by atoms with Crippen LogP contribution in [0.2, 0.25) is 0 Å². The van der Waals surface area contributed by atoms with Gasteiger partial charge in [0.1, 0.15) is 11.2 Å². The van der Waals surface area contributed by atoms with Crippen LogP contribution in [0.15, 0.2) is 0 Å². The van der Waals surface area contributed by atoms with Crippen LogP contribution >= 0.6 is 0 Å². The fourth-order valence-electron chi connectivity index (χ4n) is 14.4. The number of esters is 1. The molecule has 1 saturated heterocycles. The average molecular weight is 367 g/mol. The summed E-state index contributed by atoms with van der Waals surface area (Å²) in [6.45, 7) is 7.67. The first kappa shape index (κ1) is 14.4. The van der Waals surface area contributed by atoms with E-state index in [2.05, 4.69) is 20.8 Å². The Morgan fingerprint density at radius 1 is 0.889 bits per heavy atom. The van der Waals surface area contributed by atoms with Crippen LogP contribution in [0.25, 0.3) is 0 Å². The topological polar surface area (TPSA) is 38.8 Å². The quantitative estimate of drug-likeness (QED) is 0.526. The molecule has 8 saturated carbocycles. The number of carbonyl (C=O) groups excluding carboxylic acids is 1. The van der Waals surface area contributed by atoms with Gasteiger partial charge in [0, 0.05) is 10.8 Å². The molecule has 3 nitrogen and oxygen atoms in total. The van der Waals surface area contributed by atoms with Crippen molar-refractivity contribution in [2.75, 3.05) is 7.11 Å². The van der Waals surface area contributed by atoms with Crippen LogP contribution in [-0.4, -0.2) is 24.3 Å². The van der Waals surface area contributed by atoms with E-state index >= 15 is 0 Å². The largest absolute Gasteiger partial charge is 0.469 e. The van der Waals surface area contributed by atoms with Gasteiger partial charge in [0.15, 0.2) is 0 Å². The molecule has 144 valence electrons. The second-order valence-electron chi connectivity index (χ2n) is 12.9. The molecule has 1 aliphatic heterocycles. The molecule has 0 aromatic carbocycles. The van der Waals surface area contributed by atoms with Crippen molar-refractivity contribution >= 4 is 5.97 Å². The maximum Gasteiger partial charge on any atom is 0.312 e. The summed E-state index contributed by atoms with van der Waals surface area (Å²) in [5.41, 5.74) is 0.961. The lowest BCUT2D eigenvalue weighted by molar-refractivity contribution is -0.160. The summed E-state index contributed by atoms with van der Waals surface area (Å²) in [6.07, 6.45) is 5.27. The molecule has 0 unspecified atom stereocenters. The molecule has 0 radical (unpaired) electrons. The molecule has 9 rings (SSSR count). The predicted molar refractivity (Wildman–Crippen MR) is 96.3 cm³/mol. The Kier molecular flexibility index (Phi) is 1.73. The number of epoxide rings is 1. The van der Waals surface area contributed by atoms with Crippen molar-refractivity contribution in [1.82, 2.24) is 0 Å². The van der Waals surface area contributed by atoms with Gasteiger partial charge in [0.05, 0.1) is 12.5 Å². The SMILES string of the molecule is COC(=O)[C@]1(C)[C@@H]2[C@@H]3CC[C@]45O[C@]46[C@@]4(C)[C@@H]7[C@@H]([C@H]2[C@@H]4[C@@H]35)[C@@H]1[C@H]1CC[C@]6(C)[C@@H]17. The van der Waals surface area contributed by atoms with E-state index in [1.54, 1.807) is 7.11 Å². The molecule has 0 aromatic rings. The lowest BCUT2D eigenvalue weighted by Gasteiger charge is -2.41. The van der Waals surface area contributed by atoms with Crippen molar-refractivity contribution < 1.29 is 14.3 Å². The number of ether oxygens (including phenoxy) is 2. The van der Waals surface area contributed by atoms with Gasteiger partial charge in [-0.25, -0.2) is 0 Å². The summed E-state index contributed by atoms with van der Waals surface area (Å²) < 4.78 is 12.7. The highest BCUT2D eigenvalue weighted by Crippen LogP contribution is 3.02. The molecule has 0 amide bonds. The van der Waals surface area contributed by atoms with Crippen LogP contribution in [-0.2, 0) is 14.3 Å². The van der Waals surface area contributed by atoms with Gasteiger partial charge in [-0.2, -0.15) is 0 Å². The van der Waals surface area contributed by atoms with Crippen LogP contribution in [0.3, 0.4) is 0 Å². The van der Waals surface area contributed by atoms with E-state index in [1.807, 2.05) is 0 Å². The Morgan fingerprint density at radius 3 is 2.22 bits per heavy atom. The first-order chi connectivity index (χ1) is 12.9. The summed E-state index contributed by atoms with van der Waals surface area (Å²) in [6, 6.07) is 0. The van der Waals surface area contributed by atoms with Crippen molar-refractivity contribution in [1.29, 1.82) is 0 Å². The Bertz CT molecular complexity index is 898. The van der Waals surface area contributed by atoms with Crippen molar-refractivity contribution in [3.8, 4) is 0 Å². The fraction of sp³-hybridized carbons (Fsp3) is 0.958. The molecule has 9 fully saturated rings. The third-order valence-corrected chi connectivity index (χ3v) is 13.7. The van der Waals surface area contributed by atoms with E-state index in [9.17, 15) is 4.79 Å². The minimum Gasteiger partial charge on any atom is -0.469 e. The maximum atomic E-state index is 13.4. The zero-order valence-electron chi connectivity index (χ0n) is 16.8. The molecule has 9 aliphatic rings. The number of hydrogen-bond donors (Lipinski definition) is 0. The van der Waals surface area contributed by atoms with Gasteiger partial charge in [-0.1, -0.05) is 13.8 Å². The van der Waals surface area contributed by atoms with Crippen LogP contribution < -0.4 is 0 Å². The molecule has 0 N–H and O–H groups in total. The second kappa shape index (κ2) is 3.24. The van der Waals surface area contributed by atoms with E-state index in [0.29, 0.717) is 22.7 Å². The van der Waals surface area contributed by atoms with Crippen molar-refractivity contribution in [3.63, 3.8) is 0 Å². The molecule has 8 aliphatic carbocycles. The smallest absolute Gasteiger partial charge is 0.312 e. The molecule has 0 aromatic heterocycles. The number of rotatable bonds is 1. The minimum absolute atomic E-state index is 0.131. The Hall–Kier alpha value is -0.570. The average Bonchev–Trinajstić information content (AvgIpc) is 3.21. The van der Waals surface area contributed by atoms with Crippen LogP contribution in [0.1, 0.15) is 46.5 Å². The van der Waals surface area contributed by atoms with E-state index in [0.717, 1.165) is 47.3 Å². The predicted octanol–water partition coefficient (Wildman–Crippen LogP) is 3.52. The molecule has 27 heavy (non-hydrogen) atoms. The standard InChI is InChI=1S/C24H30O3/c1-20-7-5-9-13-11-12-14(21(13,2)19(25)26-4)10-6-8-23-16(10)18(12)22(3,17(11)15(9)20)24(20,23)27-23/h9-18H,5-8H2,1-4H3/t9-,10+,11+,12-,13+,14-,15+,16-,17-,18-,20-,21+,22+,23-,24-/m1/s1. The summed E-state index contributed by atoms with van der Waals surface area (Å²) in [7, 11) is 1.64. The lowest BCUT2D eigenvalue weighted by Crippen LogP contribution is -2.48. The third-order valence-electron chi connectivity index (χ3n) is 13.7. The van der Waals surface area contributed by atoms with E-state index in [1.165, 1.54) is 25.7 Å². The highest BCUT2D eigenvalue weighted by Gasteiger charge is 3.06. The van der Waals surface area contributed by atoms with Gasteiger partial charge < -0.3 is 9.47 Å². The van der Waals surface area contributed by atoms with E-state index < -0.39 is 0 Å². The monoisotopic (exact) mass is 366 g/mol. The molecular formula is C24H30O3. The summed E-state index contributed by atoms with van der Waals surface area (Å²) in [5, 5.41) is 0. The van der Waals surface area contributed by atoms with Crippen LogP contribution in [0, 0.1) is 75.4 Å². The molecular weight excluding hydrogens is 336 g/mol. The third kappa shape index (κ3) is 0.821. The normalized spacial score (nSPS) is 81.5. The zero-order valence-corrected chi connectivity index (χ0v) is 16.8. The summed E-state index contributed by atoms with van der Waals surface area (Å²) in [5.74, 6) is 7.59. The lowest BCUT2D eigenvalue weighted by atomic mass is 9.60. The van der Waals surface area contributed by atoms with Gasteiger partial charge in [-0.3, -0.25) is 4.79 Å². The fourth-order valence-corrected chi connectivity index (χ4v) is 14.4. The number of fused-ring (bicyclic) bond motifs is 2. The zero-order chi connectivity index (χ0) is 18.1. The van der Waals surface area contributed by atoms with Gasteiger partial charge in [-0.15, -0.1) is 0 Å². The number of carbonyl (C=O) groups is 1. The van der Waals surface area contributed by atoms with Gasteiger partial charge >= 0.3 is 5.97 Å². The van der Waals surface area contributed by atoms with Crippen molar-refractivity contribution in [2.24, 2.45) is 75.4 Å².